The highest BCUT2D eigenvalue weighted by atomic mass is 16.5. The number of carboxylic acids is 1. The zero-order valence-corrected chi connectivity index (χ0v) is 11.2. The highest BCUT2D eigenvalue weighted by Gasteiger charge is 2.23. The van der Waals surface area contributed by atoms with Crippen LogP contribution in [0.4, 0.5) is 4.79 Å². The van der Waals surface area contributed by atoms with Gasteiger partial charge in [-0.05, 0) is 12.8 Å². The topological polar surface area (TPSA) is 99.1 Å². The first kappa shape index (κ1) is 15.7. The molecule has 3 N–H and O–H groups in total. The molecule has 0 aromatic rings. The van der Waals surface area contributed by atoms with Crippen molar-refractivity contribution < 1.29 is 24.5 Å². The summed E-state index contributed by atoms with van der Waals surface area (Å²) in [6.07, 6.45) is 2.00. The van der Waals surface area contributed by atoms with E-state index in [0.717, 1.165) is 19.4 Å². The summed E-state index contributed by atoms with van der Waals surface area (Å²) in [6, 6.07) is -1.49. The Morgan fingerprint density at radius 2 is 2.26 bits per heavy atom. The fourth-order valence-corrected chi connectivity index (χ4v) is 2.07. The molecule has 1 aliphatic rings. The largest absolute Gasteiger partial charge is 0.480 e. The number of nitrogens with zero attached hydrogens (tertiary/aromatic N) is 1. The second-order valence-corrected chi connectivity index (χ2v) is 4.82. The molecule has 0 spiro atoms. The van der Waals surface area contributed by atoms with Gasteiger partial charge in [0.15, 0.2) is 0 Å². The standard InChI is InChI=1S/C12H22N2O5/c1-14(7-9-3-2-6-19-8-9)12(18)13-10(4-5-15)11(16)17/h9-10,15H,2-8H2,1H3,(H,13,18)(H,16,17)/t9?,10-/m1/s1. The molecule has 1 fully saturated rings. The third-order valence-corrected chi connectivity index (χ3v) is 3.15. The van der Waals surface area contributed by atoms with Crippen LogP contribution in [0.15, 0.2) is 0 Å². The predicted molar refractivity (Wildman–Crippen MR) is 67.8 cm³/mol. The van der Waals surface area contributed by atoms with Gasteiger partial charge in [0.05, 0.1) is 6.61 Å². The Labute approximate surface area is 112 Å². The zero-order chi connectivity index (χ0) is 14.3. The number of carbonyl (C=O) groups excluding carboxylic acids is 1. The second-order valence-electron chi connectivity index (χ2n) is 4.82. The van der Waals surface area contributed by atoms with Gasteiger partial charge in [-0.3, -0.25) is 0 Å². The Bertz CT molecular complexity index is 304. The van der Waals surface area contributed by atoms with Gasteiger partial charge in [-0.15, -0.1) is 0 Å². The number of aliphatic carboxylic acids is 1. The summed E-state index contributed by atoms with van der Waals surface area (Å²) in [6.45, 7) is 1.66. The lowest BCUT2D eigenvalue weighted by atomic mass is 10.0. The first-order valence-electron chi connectivity index (χ1n) is 6.47. The summed E-state index contributed by atoms with van der Waals surface area (Å²) in [5, 5.41) is 20.0. The number of aliphatic hydroxyl groups is 1. The molecule has 1 unspecified atom stereocenters. The van der Waals surface area contributed by atoms with Crippen molar-refractivity contribution in [2.75, 3.05) is 33.4 Å². The molecule has 19 heavy (non-hydrogen) atoms. The summed E-state index contributed by atoms with van der Waals surface area (Å²) in [7, 11) is 1.63. The van der Waals surface area contributed by atoms with E-state index in [9.17, 15) is 9.59 Å². The molecule has 2 amide bonds. The molecule has 0 bridgehead atoms. The number of urea groups is 1. The molecule has 2 atom stereocenters. The lowest BCUT2D eigenvalue weighted by Gasteiger charge is -2.28. The molecule has 7 nitrogen and oxygen atoms in total. The Balaban J connectivity index is 2.39. The van der Waals surface area contributed by atoms with E-state index in [4.69, 9.17) is 14.9 Å². The van der Waals surface area contributed by atoms with Gasteiger partial charge in [0.2, 0.25) is 0 Å². The lowest BCUT2D eigenvalue weighted by molar-refractivity contribution is -0.139. The average Bonchev–Trinajstić information content (AvgIpc) is 2.39. The van der Waals surface area contributed by atoms with E-state index < -0.39 is 18.0 Å². The molecule has 1 heterocycles. The predicted octanol–water partition coefficient (Wildman–Crippen LogP) is -0.110. The fraction of sp³-hybridized carbons (Fsp3) is 0.833. The summed E-state index contributed by atoms with van der Waals surface area (Å²) in [4.78, 5) is 24.2. The lowest BCUT2D eigenvalue weighted by Crippen LogP contribution is -2.48. The van der Waals surface area contributed by atoms with Crippen molar-refractivity contribution in [1.82, 2.24) is 10.2 Å². The molecule has 1 rings (SSSR count). The maximum atomic E-state index is 11.8. The Morgan fingerprint density at radius 1 is 1.53 bits per heavy atom. The minimum Gasteiger partial charge on any atom is -0.480 e. The van der Waals surface area contributed by atoms with Gasteiger partial charge in [-0.25, -0.2) is 9.59 Å². The minimum atomic E-state index is -1.14. The SMILES string of the molecule is CN(CC1CCCOC1)C(=O)N[C@H](CCO)C(=O)O. The van der Waals surface area contributed by atoms with Crippen LogP contribution in [0.25, 0.3) is 0 Å². The molecular formula is C12H22N2O5. The highest BCUT2D eigenvalue weighted by molar-refractivity contribution is 5.82. The number of ether oxygens (including phenoxy) is 1. The van der Waals surface area contributed by atoms with Crippen LogP contribution in [-0.2, 0) is 9.53 Å². The van der Waals surface area contributed by atoms with Crippen LogP contribution in [0.1, 0.15) is 19.3 Å². The molecule has 0 saturated carbocycles. The molecule has 7 heteroatoms. The minimum absolute atomic E-state index is 0.00144. The first-order chi connectivity index (χ1) is 9.04. The van der Waals surface area contributed by atoms with E-state index in [1.165, 1.54) is 4.90 Å². The van der Waals surface area contributed by atoms with Gasteiger partial charge in [0.25, 0.3) is 0 Å². The average molecular weight is 274 g/mol. The molecule has 1 saturated heterocycles. The van der Waals surface area contributed by atoms with Crippen LogP contribution in [0.2, 0.25) is 0 Å². The van der Waals surface area contributed by atoms with Crippen LogP contribution in [0.5, 0.6) is 0 Å². The third kappa shape index (κ3) is 5.44. The van der Waals surface area contributed by atoms with Gasteiger partial charge >= 0.3 is 12.0 Å². The van der Waals surface area contributed by atoms with E-state index >= 15 is 0 Å². The van der Waals surface area contributed by atoms with Gasteiger partial charge in [-0.1, -0.05) is 0 Å². The number of rotatable bonds is 6. The van der Waals surface area contributed by atoms with Crippen LogP contribution in [-0.4, -0.2) is 66.6 Å². The fourth-order valence-electron chi connectivity index (χ4n) is 2.07. The Kier molecular flexibility index (Phi) is 6.58. The van der Waals surface area contributed by atoms with Crippen LogP contribution in [0, 0.1) is 5.92 Å². The second kappa shape index (κ2) is 7.96. The summed E-state index contributed by atoms with van der Waals surface area (Å²) >= 11 is 0. The highest BCUT2D eigenvalue weighted by Crippen LogP contribution is 2.14. The number of nitrogens with one attached hydrogen (secondary N) is 1. The van der Waals surface area contributed by atoms with Crippen molar-refractivity contribution in [3.8, 4) is 0 Å². The number of aliphatic hydroxyl groups excluding tert-OH is 1. The van der Waals surface area contributed by atoms with Crippen molar-refractivity contribution in [3.05, 3.63) is 0 Å². The van der Waals surface area contributed by atoms with Crippen molar-refractivity contribution in [2.24, 2.45) is 5.92 Å². The third-order valence-electron chi connectivity index (χ3n) is 3.15. The van der Waals surface area contributed by atoms with E-state index in [2.05, 4.69) is 5.32 Å². The van der Waals surface area contributed by atoms with Gasteiger partial charge in [0, 0.05) is 39.1 Å². The van der Waals surface area contributed by atoms with E-state index in [0.29, 0.717) is 19.1 Å². The smallest absolute Gasteiger partial charge is 0.326 e. The summed E-state index contributed by atoms with van der Waals surface area (Å²) in [5.41, 5.74) is 0. The number of amides is 2. The molecule has 0 aliphatic carbocycles. The number of hydrogen-bond acceptors (Lipinski definition) is 4. The van der Waals surface area contributed by atoms with Crippen LogP contribution in [0.3, 0.4) is 0 Å². The van der Waals surface area contributed by atoms with Crippen molar-refractivity contribution in [3.63, 3.8) is 0 Å². The number of carboxylic acid groups (broad SMARTS) is 1. The molecular weight excluding hydrogens is 252 g/mol. The maximum Gasteiger partial charge on any atom is 0.326 e. The molecule has 110 valence electrons. The monoisotopic (exact) mass is 274 g/mol. The van der Waals surface area contributed by atoms with Gasteiger partial charge in [-0.2, -0.15) is 0 Å². The van der Waals surface area contributed by atoms with Crippen molar-refractivity contribution >= 4 is 12.0 Å². The van der Waals surface area contributed by atoms with Crippen LogP contribution < -0.4 is 5.32 Å². The van der Waals surface area contributed by atoms with Gasteiger partial charge in [0.1, 0.15) is 6.04 Å². The molecule has 1 aliphatic heterocycles. The zero-order valence-electron chi connectivity index (χ0n) is 11.2. The number of hydrogen-bond donors (Lipinski definition) is 3. The van der Waals surface area contributed by atoms with E-state index in [1.54, 1.807) is 7.05 Å². The maximum absolute atomic E-state index is 11.8. The molecule has 0 aromatic carbocycles. The molecule has 0 radical (unpaired) electrons. The van der Waals surface area contributed by atoms with E-state index in [-0.39, 0.29) is 13.0 Å². The first-order valence-corrected chi connectivity index (χ1v) is 6.47. The summed E-state index contributed by atoms with van der Waals surface area (Å²) < 4.78 is 5.34. The summed E-state index contributed by atoms with van der Waals surface area (Å²) in [5.74, 6) is -0.845. The van der Waals surface area contributed by atoms with E-state index in [1.807, 2.05) is 0 Å². The normalized spacial score (nSPS) is 20.6. The van der Waals surface area contributed by atoms with Crippen molar-refractivity contribution in [1.29, 1.82) is 0 Å². The Hall–Kier alpha value is -1.34. The Morgan fingerprint density at radius 3 is 2.79 bits per heavy atom. The quantitative estimate of drug-likeness (QED) is 0.627. The van der Waals surface area contributed by atoms with Crippen LogP contribution >= 0.6 is 0 Å². The number of carbonyl (C=O) groups is 2. The van der Waals surface area contributed by atoms with Crippen molar-refractivity contribution in [2.45, 2.75) is 25.3 Å². The molecule has 0 aromatic heterocycles. The van der Waals surface area contributed by atoms with Gasteiger partial charge < -0.3 is 25.2 Å².